The SMILES string of the molecule is CCOc1ccc(C(=O)N[C@H](C(=O)Nc2nnc(SCC)s2)C(C)C)cc1. The van der Waals surface area contributed by atoms with Gasteiger partial charge in [0.1, 0.15) is 11.8 Å². The maximum atomic E-state index is 12.6. The van der Waals surface area contributed by atoms with Gasteiger partial charge in [-0.15, -0.1) is 10.2 Å². The Balaban J connectivity index is 2.02. The van der Waals surface area contributed by atoms with Gasteiger partial charge in [0.2, 0.25) is 11.0 Å². The second-order valence-electron chi connectivity index (χ2n) is 5.95. The summed E-state index contributed by atoms with van der Waals surface area (Å²) >= 11 is 2.88. The van der Waals surface area contributed by atoms with Gasteiger partial charge >= 0.3 is 0 Å². The lowest BCUT2D eigenvalue weighted by Gasteiger charge is -2.21. The van der Waals surface area contributed by atoms with E-state index in [0.717, 1.165) is 10.1 Å². The molecule has 0 fully saturated rings. The van der Waals surface area contributed by atoms with Gasteiger partial charge in [-0.1, -0.05) is 43.9 Å². The van der Waals surface area contributed by atoms with Gasteiger partial charge in [0, 0.05) is 5.56 Å². The Morgan fingerprint density at radius 1 is 1.19 bits per heavy atom. The zero-order chi connectivity index (χ0) is 19.8. The average molecular weight is 409 g/mol. The highest BCUT2D eigenvalue weighted by Gasteiger charge is 2.25. The van der Waals surface area contributed by atoms with Crippen LogP contribution in [0, 0.1) is 5.92 Å². The van der Waals surface area contributed by atoms with Crippen LogP contribution in [0.4, 0.5) is 5.13 Å². The summed E-state index contributed by atoms with van der Waals surface area (Å²) in [7, 11) is 0. The summed E-state index contributed by atoms with van der Waals surface area (Å²) in [6, 6.07) is 6.13. The van der Waals surface area contributed by atoms with E-state index in [4.69, 9.17) is 4.74 Å². The molecule has 1 heterocycles. The minimum Gasteiger partial charge on any atom is -0.494 e. The van der Waals surface area contributed by atoms with Crippen LogP contribution in [0.15, 0.2) is 28.6 Å². The van der Waals surface area contributed by atoms with Crippen molar-refractivity contribution in [3.63, 3.8) is 0 Å². The Hall–Kier alpha value is -2.13. The van der Waals surface area contributed by atoms with Crippen molar-refractivity contribution < 1.29 is 14.3 Å². The largest absolute Gasteiger partial charge is 0.494 e. The summed E-state index contributed by atoms with van der Waals surface area (Å²) in [5, 5.41) is 13.9. The number of benzene rings is 1. The predicted molar refractivity (Wildman–Crippen MR) is 109 cm³/mol. The molecule has 9 heteroatoms. The Morgan fingerprint density at radius 3 is 2.48 bits per heavy atom. The van der Waals surface area contributed by atoms with E-state index in [1.807, 2.05) is 27.7 Å². The van der Waals surface area contributed by atoms with Crippen molar-refractivity contribution in [2.45, 2.75) is 38.1 Å². The van der Waals surface area contributed by atoms with Gasteiger partial charge in [0.15, 0.2) is 4.34 Å². The molecule has 0 radical (unpaired) electrons. The quantitative estimate of drug-likeness (QED) is 0.488. The second kappa shape index (κ2) is 10.3. The molecule has 0 unspecified atom stereocenters. The van der Waals surface area contributed by atoms with E-state index in [2.05, 4.69) is 20.8 Å². The molecule has 0 spiro atoms. The number of rotatable bonds is 9. The van der Waals surface area contributed by atoms with Crippen molar-refractivity contribution in [1.29, 1.82) is 0 Å². The third-order valence-electron chi connectivity index (χ3n) is 3.57. The van der Waals surface area contributed by atoms with Crippen molar-refractivity contribution in [2.75, 3.05) is 17.7 Å². The van der Waals surface area contributed by atoms with E-state index in [1.165, 1.54) is 11.3 Å². The summed E-state index contributed by atoms with van der Waals surface area (Å²) in [6.45, 7) is 8.23. The van der Waals surface area contributed by atoms with Gasteiger partial charge in [-0.3, -0.25) is 14.9 Å². The van der Waals surface area contributed by atoms with Gasteiger partial charge in [-0.25, -0.2) is 0 Å². The molecule has 1 aromatic carbocycles. The molecule has 146 valence electrons. The van der Waals surface area contributed by atoms with Crippen LogP contribution in [0.2, 0.25) is 0 Å². The Kier molecular flexibility index (Phi) is 8.05. The number of carbonyl (C=O) groups excluding carboxylic acids is 2. The normalized spacial score (nSPS) is 11.9. The zero-order valence-corrected chi connectivity index (χ0v) is 17.4. The van der Waals surface area contributed by atoms with Crippen molar-refractivity contribution >= 4 is 40.0 Å². The summed E-state index contributed by atoms with van der Waals surface area (Å²) in [6.07, 6.45) is 0. The van der Waals surface area contributed by atoms with Crippen molar-refractivity contribution in [1.82, 2.24) is 15.5 Å². The molecule has 2 N–H and O–H groups in total. The lowest BCUT2D eigenvalue weighted by molar-refractivity contribution is -0.118. The van der Waals surface area contributed by atoms with Gasteiger partial charge in [-0.05, 0) is 42.9 Å². The number of anilines is 1. The maximum absolute atomic E-state index is 12.6. The fourth-order valence-corrected chi connectivity index (χ4v) is 3.91. The van der Waals surface area contributed by atoms with E-state index in [9.17, 15) is 9.59 Å². The fraction of sp³-hybridized carbons (Fsp3) is 0.444. The van der Waals surface area contributed by atoms with Crippen LogP contribution in [0.3, 0.4) is 0 Å². The zero-order valence-electron chi connectivity index (χ0n) is 15.8. The predicted octanol–water partition coefficient (Wildman–Crippen LogP) is 3.44. The Morgan fingerprint density at radius 2 is 1.89 bits per heavy atom. The summed E-state index contributed by atoms with van der Waals surface area (Å²) in [5.74, 6) is 0.869. The summed E-state index contributed by atoms with van der Waals surface area (Å²) in [5.41, 5.74) is 0.467. The topological polar surface area (TPSA) is 93.2 Å². The summed E-state index contributed by atoms with van der Waals surface area (Å²) in [4.78, 5) is 25.1. The lowest BCUT2D eigenvalue weighted by Crippen LogP contribution is -2.47. The number of hydrogen-bond donors (Lipinski definition) is 2. The number of ether oxygens (including phenoxy) is 1. The lowest BCUT2D eigenvalue weighted by atomic mass is 10.0. The number of nitrogens with one attached hydrogen (secondary N) is 2. The molecular weight excluding hydrogens is 384 g/mol. The fourth-order valence-electron chi connectivity index (χ4n) is 2.25. The molecule has 0 aliphatic rings. The van der Waals surface area contributed by atoms with Gasteiger partial charge in [0.25, 0.3) is 5.91 Å². The smallest absolute Gasteiger partial charge is 0.251 e. The van der Waals surface area contributed by atoms with E-state index in [0.29, 0.717) is 23.1 Å². The molecule has 1 aromatic heterocycles. The molecule has 0 saturated heterocycles. The first kappa shape index (κ1) is 21.2. The van der Waals surface area contributed by atoms with E-state index < -0.39 is 6.04 Å². The molecule has 27 heavy (non-hydrogen) atoms. The highest BCUT2D eigenvalue weighted by molar-refractivity contribution is 8.01. The molecule has 0 aliphatic heterocycles. The Bertz CT molecular complexity index is 762. The average Bonchev–Trinajstić information content (AvgIpc) is 3.07. The third kappa shape index (κ3) is 6.21. The summed E-state index contributed by atoms with van der Waals surface area (Å²) < 4.78 is 6.17. The van der Waals surface area contributed by atoms with Crippen LogP contribution in [0.1, 0.15) is 38.1 Å². The molecule has 2 amide bonds. The number of amides is 2. The standard InChI is InChI=1S/C18H24N4O3S2/c1-5-25-13-9-7-12(8-10-13)15(23)19-14(11(3)4)16(24)20-17-21-22-18(27-17)26-6-2/h7-11,14H,5-6H2,1-4H3,(H,19,23)(H,20,21,24)/t14-/m0/s1. The highest BCUT2D eigenvalue weighted by atomic mass is 32.2. The minimum absolute atomic E-state index is 0.0888. The molecule has 0 aliphatic carbocycles. The molecule has 2 rings (SSSR count). The highest BCUT2D eigenvalue weighted by Crippen LogP contribution is 2.25. The first-order chi connectivity index (χ1) is 12.9. The second-order valence-corrected chi connectivity index (χ2v) is 8.44. The molecule has 0 saturated carbocycles. The molecule has 2 aromatic rings. The van der Waals surface area contributed by atoms with Gasteiger partial charge in [0.05, 0.1) is 6.61 Å². The van der Waals surface area contributed by atoms with Crippen molar-refractivity contribution in [2.24, 2.45) is 5.92 Å². The number of hydrogen-bond acceptors (Lipinski definition) is 7. The third-order valence-corrected chi connectivity index (χ3v) is 5.42. The van der Waals surface area contributed by atoms with Crippen LogP contribution >= 0.6 is 23.1 Å². The number of thioether (sulfide) groups is 1. The molecular formula is C18H24N4O3S2. The van der Waals surface area contributed by atoms with Crippen LogP contribution in [0.25, 0.3) is 0 Å². The van der Waals surface area contributed by atoms with Crippen molar-refractivity contribution in [3.05, 3.63) is 29.8 Å². The van der Waals surface area contributed by atoms with E-state index in [1.54, 1.807) is 36.0 Å². The Labute approximate surface area is 167 Å². The number of carbonyl (C=O) groups is 2. The van der Waals surface area contributed by atoms with Gasteiger partial charge in [-0.2, -0.15) is 0 Å². The van der Waals surface area contributed by atoms with Crippen LogP contribution in [0.5, 0.6) is 5.75 Å². The number of aromatic nitrogens is 2. The van der Waals surface area contributed by atoms with Crippen LogP contribution in [-0.4, -0.2) is 40.4 Å². The maximum Gasteiger partial charge on any atom is 0.251 e. The molecule has 7 nitrogen and oxygen atoms in total. The first-order valence-electron chi connectivity index (χ1n) is 8.75. The monoisotopic (exact) mass is 408 g/mol. The number of nitrogens with zero attached hydrogens (tertiary/aromatic N) is 2. The molecule has 0 bridgehead atoms. The van der Waals surface area contributed by atoms with Gasteiger partial charge < -0.3 is 10.1 Å². The van der Waals surface area contributed by atoms with Crippen LogP contribution in [-0.2, 0) is 4.79 Å². The van der Waals surface area contributed by atoms with E-state index in [-0.39, 0.29) is 17.7 Å². The first-order valence-corrected chi connectivity index (χ1v) is 10.6. The van der Waals surface area contributed by atoms with Crippen LogP contribution < -0.4 is 15.4 Å². The molecule has 1 atom stereocenters. The van der Waals surface area contributed by atoms with Crippen molar-refractivity contribution in [3.8, 4) is 5.75 Å². The van der Waals surface area contributed by atoms with E-state index >= 15 is 0 Å². The minimum atomic E-state index is -0.685.